The molecular formula is C9H10Cl2N4O2. The van der Waals surface area contributed by atoms with E-state index in [1.165, 1.54) is 11.2 Å². The van der Waals surface area contributed by atoms with Gasteiger partial charge in [0.1, 0.15) is 10.3 Å². The molecule has 0 radical (unpaired) electrons. The first-order chi connectivity index (χ1) is 7.99. The van der Waals surface area contributed by atoms with Crippen LogP contribution in [0, 0.1) is 10.1 Å². The monoisotopic (exact) mass is 276 g/mol. The van der Waals surface area contributed by atoms with E-state index in [0.29, 0.717) is 23.3 Å². The first kappa shape index (κ1) is 13.7. The number of pyridine rings is 1. The Morgan fingerprint density at radius 2 is 2.24 bits per heavy atom. The van der Waals surface area contributed by atoms with E-state index < -0.39 is 4.92 Å². The number of hydrazine groups is 1. The molecule has 0 unspecified atom stereocenters. The van der Waals surface area contributed by atoms with Gasteiger partial charge in [-0.25, -0.2) is 10.8 Å². The molecule has 17 heavy (non-hydrogen) atoms. The van der Waals surface area contributed by atoms with Crippen LogP contribution in [0.5, 0.6) is 0 Å². The van der Waals surface area contributed by atoms with Crippen molar-refractivity contribution in [1.82, 2.24) is 9.99 Å². The van der Waals surface area contributed by atoms with Crippen molar-refractivity contribution in [3.05, 3.63) is 50.5 Å². The number of hydrogen-bond donors (Lipinski definition) is 1. The summed E-state index contributed by atoms with van der Waals surface area (Å²) in [5.41, 5.74) is 0.779. The van der Waals surface area contributed by atoms with Gasteiger partial charge >= 0.3 is 0 Å². The van der Waals surface area contributed by atoms with Crippen molar-refractivity contribution in [2.24, 2.45) is 5.84 Å². The van der Waals surface area contributed by atoms with E-state index in [1.54, 1.807) is 12.1 Å². The summed E-state index contributed by atoms with van der Waals surface area (Å²) >= 11 is 11.5. The second-order valence-corrected chi connectivity index (χ2v) is 3.90. The molecule has 0 amide bonds. The lowest BCUT2D eigenvalue weighted by molar-refractivity contribution is -0.403. The molecule has 0 aliphatic rings. The third-order valence-electron chi connectivity index (χ3n) is 1.91. The first-order valence-corrected chi connectivity index (χ1v) is 5.38. The maximum Gasteiger partial charge on any atom is 0.251 e. The fourth-order valence-corrected chi connectivity index (χ4v) is 1.53. The summed E-state index contributed by atoms with van der Waals surface area (Å²) in [7, 11) is 0. The molecule has 0 aliphatic carbocycles. The molecule has 1 heterocycles. The van der Waals surface area contributed by atoms with E-state index >= 15 is 0 Å². The van der Waals surface area contributed by atoms with Gasteiger partial charge in [0.25, 0.3) is 6.20 Å². The highest BCUT2D eigenvalue weighted by molar-refractivity contribution is 6.32. The third kappa shape index (κ3) is 4.99. The quantitative estimate of drug-likeness (QED) is 0.384. The van der Waals surface area contributed by atoms with Crippen molar-refractivity contribution in [2.75, 3.05) is 6.54 Å². The van der Waals surface area contributed by atoms with Crippen molar-refractivity contribution < 1.29 is 4.92 Å². The summed E-state index contributed by atoms with van der Waals surface area (Å²) in [6, 6.07) is 3.36. The van der Waals surface area contributed by atoms with Crippen LogP contribution in [0.15, 0.2) is 24.5 Å². The van der Waals surface area contributed by atoms with Crippen LogP contribution >= 0.6 is 23.2 Å². The van der Waals surface area contributed by atoms with Crippen LogP contribution < -0.4 is 5.84 Å². The zero-order valence-electron chi connectivity index (χ0n) is 8.72. The Morgan fingerprint density at radius 3 is 2.82 bits per heavy atom. The molecular weight excluding hydrogens is 267 g/mol. The lowest BCUT2D eigenvalue weighted by Gasteiger charge is -2.12. The summed E-state index contributed by atoms with van der Waals surface area (Å²) in [6.45, 7) is 0.382. The Kier molecular flexibility index (Phi) is 5.14. The molecule has 0 saturated heterocycles. The molecule has 0 saturated carbocycles. The largest absolute Gasteiger partial charge is 0.312 e. The molecule has 0 spiro atoms. The zero-order chi connectivity index (χ0) is 12.8. The number of nitrogens with two attached hydrogens (primary N) is 1. The molecule has 0 aliphatic heterocycles. The highest BCUT2D eigenvalue weighted by Crippen LogP contribution is 2.17. The number of rotatable bonds is 5. The fraction of sp³-hybridized carbons (Fsp3) is 0.222. The second-order valence-electron chi connectivity index (χ2n) is 3.16. The third-order valence-corrected chi connectivity index (χ3v) is 2.45. The normalized spacial score (nSPS) is 10.8. The van der Waals surface area contributed by atoms with Gasteiger partial charge in [0, 0.05) is 6.54 Å². The van der Waals surface area contributed by atoms with Crippen LogP contribution in [0.3, 0.4) is 0 Å². The molecule has 1 rings (SSSR count). The van der Waals surface area contributed by atoms with Crippen molar-refractivity contribution in [1.29, 1.82) is 0 Å². The molecule has 0 aromatic carbocycles. The summed E-state index contributed by atoms with van der Waals surface area (Å²) in [5, 5.41) is 11.9. The highest BCUT2D eigenvalue weighted by Gasteiger charge is 2.04. The first-order valence-electron chi connectivity index (χ1n) is 4.63. The Balaban J connectivity index is 2.53. The number of hydrogen-bond acceptors (Lipinski definition) is 5. The Morgan fingerprint density at radius 1 is 1.53 bits per heavy atom. The zero-order valence-corrected chi connectivity index (χ0v) is 10.2. The Labute approximate surface area is 108 Å². The number of nitro groups is 1. The lowest BCUT2D eigenvalue weighted by atomic mass is 10.2. The minimum absolute atomic E-state index is 0.309. The highest BCUT2D eigenvalue weighted by atomic mass is 35.5. The number of nitrogens with zero attached hydrogens (tertiary/aromatic N) is 3. The molecule has 6 nitrogen and oxygen atoms in total. The van der Waals surface area contributed by atoms with Gasteiger partial charge in [-0.3, -0.25) is 10.1 Å². The van der Waals surface area contributed by atoms with Crippen LogP contribution in [0.25, 0.3) is 0 Å². The van der Waals surface area contributed by atoms with E-state index in [-0.39, 0.29) is 0 Å². The Hall–Kier alpha value is -1.37. The molecule has 0 bridgehead atoms. The molecule has 92 valence electrons. The minimum atomic E-state index is -0.587. The van der Waals surface area contributed by atoms with Crippen LogP contribution in [0.2, 0.25) is 10.3 Å². The molecule has 1 aromatic rings. The van der Waals surface area contributed by atoms with E-state index in [1.807, 2.05) is 0 Å². The fourth-order valence-electron chi connectivity index (χ4n) is 1.09. The average molecular weight is 277 g/mol. The van der Waals surface area contributed by atoms with E-state index in [9.17, 15) is 10.1 Å². The predicted molar refractivity (Wildman–Crippen MR) is 65.0 cm³/mol. The molecule has 1 aromatic heterocycles. The van der Waals surface area contributed by atoms with Gasteiger partial charge in [-0.1, -0.05) is 29.3 Å². The van der Waals surface area contributed by atoms with E-state index in [2.05, 4.69) is 4.98 Å². The van der Waals surface area contributed by atoms with Crippen LogP contribution in [0.1, 0.15) is 5.56 Å². The molecule has 8 heteroatoms. The van der Waals surface area contributed by atoms with Crippen LogP contribution in [-0.4, -0.2) is 21.5 Å². The van der Waals surface area contributed by atoms with Gasteiger partial charge in [0.15, 0.2) is 0 Å². The lowest BCUT2D eigenvalue weighted by Crippen LogP contribution is -2.27. The summed E-state index contributed by atoms with van der Waals surface area (Å²) < 4.78 is 0. The van der Waals surface area contributed by atoms with Gasteiger partial charge in [-0.15, -0.1) is 0 Å². The molecule has 0 fully saturated rings. The van der Waals surface area contributed by atoms with Crippen molar-refractivity contribution in [3.63, 3.8) is 0 Å². The maximum absolute atomic E-state index is 10.1. The smallest absolute Gasteiger partial charge is 0.251 e. The number of halogens is 2. The van der Waals surface area contributed by atoms with Gasteiger partial charge in [0.2, 0.25) is 0 Å². The topological polar surface area (TPSA) is 85.3 Å². The average Bonchev–Trinajstić information content (AvgIpc) is 2.25. The van der Waals surface area contributed by atoms with Gasteiger partial charge in [0.05, 0.1) is 11.1 Å². The summed E-state index contributed by atoms with van der Waals surface area (Å²) in [6.07, 6.45) is 2.46. The maximum atomic E-state index is 10.1. The summed E-state index contributed by atoms with van der Waals surface area (Å²) in [5.74, 6) is 5.50. The summed E-state index contributed by atoms with van der Waals surface area (Å²) in [4.78, 5) is 13.3. The SMILES string of the molecule is NN(/C=C/[N+](=O)[O-])CCc1ccc(Cl)nc1Cl. The van der Waals surface area contributed by atoms with Crippen molar-refractivity contribution in [3.8, 4) is 0 Å². The molecule has 2 N–H and O–H groups in total. The Bertz CT molecular complexity index is 439. The predicted octanol–water partition coefficient (Wildman–Crippen LogP) is 1.85. The van der Waals surface area contributed by atoms with Crippen LogP contribution in [-0.2, 0) is 6.42 Å². The standard InChI is InChI=1S/C9H10Cl2N4O2/c10-8-2-1-7(9(11)13-8)3-4-14(12)5-6-15(16)17/h1-2,5-6H,3-4,12H2/b6-5+. The number of aromatic nitrogens is 1. The molecule has 0 atom stereocenters. The van der Waals surface area contributed by atoms with E-state index in [4.69, 9.17) is 29.0 Å². The minimum Gasteiger partial charge on any atom is -0.312 e. The van der Waals surface area contributed by atoms with E-state index in [0.717, 1.165) is 11.8 Å². The second kappa shape index (κ2) is 6.39. The van der Waals surface area contributed by atoms with Crippen molar-refractivity contribution >= 4 is 23.2 Å². The van der Waals surface area contributed by atoms with Gasteiger partial charge in [-0.05, 0) is 18.1 Å². The van der Waals surface area contributed by atoms with Crippen LogP contribution in [0.4, 0.5) is 0 Å². The van der Waals surface area contributed by atoms with Gasteiger partial charge in [-0.2, -0.15) is 0 Å². The van der Waals surface area contributed by atoms with Crippen molar-refractivity contribution in [2.45, 2.75) is 6.42 Å². The van der Waals surface area contributed by atoms with Gasteiger partial charge < -0.3 is 5.01 Å².